The Bertz CT molecular complexity index is 867. The fraction of sp³-hybridized carbons (Fsp3) is 0.400. The van der Waals surface area contributed by atoms with Crippen LogP contribution >= 0.6 is 11.3 Å². The first-order valence-corrected chi connectivity index (χ1v) is 9.48. The molecule has 0 saturated heterocycles. The van der Waals surface area contributed by atoms with Crippen molar-refractivity contribution in [1.82, 2.24) is 0 Å². The molecule has 0 unspecified atom stereocenters. The van der Waals surface area contributed by atoms with E-state index in [1.54, 1.807) is 6.07 Å². The predicted molar refractivity (Wildman–Crippen MR) is 97.9 cm³/mol. The third kappa shape index (κ3) is 2.84. The quantitative estimate of drug-likeness (QED) is 0.533. The van der Waals surface area contributed by atoms with Crippen LogP contribution in [0, 0.1) is 11.7 Å². The molecule has 126 valence electrons. The summed E-state index contributed by atoms with van der Waals surface area (Å²) in [7, 11) is 0. The third-order valence-electron chi connectivity index (χ3n) is 4.69. The fourth-order valence-electron chi connectivity index (χ4n) is 3.06. The van der Waals surface area contributed by atoms with Crippen LogP contribution in [-0.4, -0.2) is 13.2 Å². The van der Waals surface area contributed by atoms with Gasteiger partial charge in [0.05, 0.1) is 17.9 Å². The van der Waals surface area contributed by atoms with Gasteiger partial charge in [-0.2, -0.15) is 0 Å². The van der Waals surface area contributed by atoms with Gasteiger partial charge < -0.3 is 9.47 Å². The summed E-state index contributed by atoms with van der Waals surface area (Å²) in [5, 5.41) is 2.02. The second-order valence-corrected chi connectivity index (χ2v) is 7.52. The lowest BCUT2D eigenvalue weighted by Crippen LogP contribution is -2.19. The van der Waals surface area contributed by atoms with E-state index in [4.69, 9.17) is 9.47 Å². The third-order valence-corrected chi connectivity index (χ3v) is 5.85. The topological polar surface area (TPSA) is 18.5 Å². The van der Waals surface area contributed by atoms with E-state index in [-0.39, 0.29) is 5.82 Å². The Balaban J connectivity index is 1.67. The molecule has 1 fully saturated rings. The van der Waals surface area contributed by atoms with E-state index in [1.807, 2.05) is 24.3 Å². The predicted octanol–water partition coefficient (Wildman–Crippen LogP) is 6.16. The summed E-state index contributed by atoms with van der Waals surface area (Å²) in [5.41, 5.74) is 0. The number of hydrogen-bond donors (Lipinski definition) is 0. The number of ether oxygens (including phenoxy) is 2. The van der Waals surface area contributed by atoms with Crippen molar-refractivity contribution < 1.29 is 13.9 Å². The lowest BCUT2D eigenvalue weighted by atomic mass is 9.86. The molecule has 0 atom stereocenters. The van der Waals surface area contributed by atoms with Gasteiger partial charge in [0, 0.05) is 15.5 Å². The molecule has 0 N–H and O–H groups in total. The number of benzene rings is 2. The maximum Gasteiger partial charge on any atom is 0.182 e. The molecular formula is C20H21FO2S. The number of halogens is 1. The van der Waals surface area contributed by atoms with Gasteiger partial charge in [-0.1, -0.05) is 13.3 Å². The molecule has 2 nitrogen and oxygen atoms in total. The normalized spacial score (nSPS) is 14.9. The van der Waals surface area contributed by atoms with Crippen molar-refractivity contribution >= 4 is 31.5 Å². The lowest BCUT2D eigenvalue weighted by Gasteiger charge is -2.25. The Labute approximate surface area is 145 Å². The molecule has 1 saturated carbocycles. The van der Waals surface area contributed by atoms with E-state index in [0.29, 0.717) is 29.6 Å². The summed E-state index contributed by atoms with van der Waals surface area (Å²) in [6.07, 6.45) is 4.65. The molecular weight excluding hydrogens is 323 g/mol. The van der Waals surface area contributed by atoms with E-state index in [2.05, 4.69) is 6.92 Å². The zero-order chi connectivity index (χ0) is 16.5. The number of thiophene rings is 1. The molecule has 0 radical (unpaired) electrons. The Morgan fingerprint density at radius 3 is 2.71 bits per heavy atom. The van der Waals surface area contributed by atoms with Gasteiger partial charge >= 0.3 is 0 Å². The number of rotatable bonds is 6. The molecule has 0 amide bonds. The standard InChI is InChI=1S/C20H21FO2S/c1-2-10-22-14-6-7-15-16-8-9-17(23-12-13-4-3-5-13)19(21)20(16)24-18(15)11-14/h6-9,11,13H,2-5,10,12H2,1H3. The molecule has 0 spiro atoms. The molecule has 4 rings (SSSR count). The van der Waals surface area contributed by atoms with E-state index in [0.717, 1.165) is 27.6 Å². The number of fused-ring (bicyclic) bond motifs is 3. The van der Waals surface area contributed by atoms with Crippen LogP contribution in [0.4, 0.5) is 4.39 Å². The zero-order valence-corrected chi connectivity index (χ0v) is 14.6. The molecule has 0 bridgehead atoms. The van der Waals surface area contributed by atoms with Crippen LogP contribution in [0.15, 0.2) is 30.3 Å². The van der Waals surface area contributed by atoms with E-state index in [9.17, 15) is 4.39 Å². The molecule has 1 aromatic heterocycles. The van der Waals surface area contributed by atoms with Crippen LogP contribution in [0.25, 0.3) is 20.2 Å². The minimum atomic E-state index is -0.232. The van der Waals surface area contributed by atoms with Crippen molar-refractivity contribution in [2.75, 3.05) is 13.2 Å². The van der Waals surface area contributed by atoms with Crippen molar-refractivity contribution in [3.05, 3.63) is 36.1 Å². The molecule has 1 heterocycles. The monoisotopic (exact) mass is 344 g/mol. The summed E-state index contributed by atoms with van der Waals surface area (Å²) in [5.74, 6) is 1.59. The first kappa shape index (κ1) is 15.7. The van der Waals surface area contributed by atoms with E-state index in [1.165, 1.54) is 30.6 Å². The molecule has 3 aromatic rings. The zero-order valence-electron chi connectivity index (χ0n) is 13.8. The highest BCUT2D eigenvalue weighted by Crippen LogP contribution is 2.40. The molecule has 0 aliphatic heterocycles. The van der Waals surface area contributed by atoms with Gasteiger partial charge in [0.25, 0.3) is 0 Å². The van der Waals surface area contributed by atoms with Crippen LogP contribution in [0.2, 0.25) is 0 Å². The molecule has 1 aliphatic carbocycles. The van der Waals surface area contributed by atoms with Crippen molar-refractivity contribution in [2.24, 2.45) is 5.92 Å². The van der Waals surface area contributed by atoms with E-state index < -0.39 is 0 Å². The summed E-state index contributed by atoms with van der Waals surface area (Å²) >= 11 is 1.47. The largest absolute Gasteiger partial charge is 0.494 e. The molecule has 24 heavy (non-hydrogen) atoms. The van der Waals surface area contributed by atoms with Gasteiger partial charge in [0.2, 0.25) is 0 Å². The van der Waals surface area contributed by atoms with Gasteiger partial charge in [-0.3, -0.25) is 0 Å². The minimum absolute atomic E-state index is 0.232. The maximum absolute atomic E-state index is 14.8. The minimum Gasteiger partial charge on any atom is -0.494 e. The lowest BCUT2D eigenvalue weighted by molar-refractivity contribution is 0.176. The van der Waals surface area contributed by atoms with Crippen molar-refractivity contribution in [3.8, 4) is 11.5 Å². The average molecular weight is 344 g/mol. The first-order chi connectivity index (χ1) is 11.8. The highest BCUT2D eigenvalue weighted by Gasteiger charge is 2.20. The Morgan fingerprint density at radius 2 is 1.96 bits per heavy atom. The van der Waals surface area contributed by atoms with Crippen molar-refractivity contribution in [2.45, 2.75) is 32.6 Å². The second kappa shape index (κ2) is 6.60. The summed E-state index contributed by atoms with van der Waals surface area (Å²) in [6, 6.07) is 9.73. The molecule has 1 aliphatic rings. The van der Waals surface area contributed by atoms with Crippen LogP contribution in [0.3, 0.4) is 0 Å². The number of hydrogen-bond acceptors (Lipinski definition) is 3. The van der Waals surface area contributed by atoms with Crippen LogP contribution in [0.5, 0.6) is 11.5 Å². The molecule has 2 aromatic carbocycles. The van der Waals surface area contributed by atoms with Gasteiger partial charge in [-0.15, -0.1) is 11.3 Å². The second-order valence-electron chi connectivity index (χ2n) is 6.47. The highest BCUT2D eigenvalue weighted by molar-refractivity contribution is 7.25. The Hall–Kier alpha value is -1.81. The average Bonchev–Trinajstić information content (AvgIpc) is 2.92. The summed E-state index contributed by atoms with van der Waals surface area (Å²) < 4.78 is 28.0. The van der Waals surface area contributed by atoms with E-state index >= 15 is 0 Å². The summed E-state index contributed by atoms with van der Waals surface area (Å²) in [4.78, 5) is 0. The SMILES string of the molecule is CCCOc1ccc2c(c1)sc1c(F)c(OCC3CCC3)ccc12. The fourth-order valence-corrected chi connectivity index (χ4v) is 4.22. The van der Waals surface area contributed by atoms with Gasteiger partial charge in [0.15, 0.2) is 11.6 Å². The van der Waals surface area contributed by atoms with Crippen molar-refractivity contribution in [3.63, 3.8) is 0 Å². The summed E-state index contributed by atoms with van der Waals surface area (Å²) in [6.45, 7) is 3.41. The highest BCUT2D eigenvalue weighted by atomic mass is 32.1. The Kier molecular flexibility index (Phi) is 4.31. The van der Waals surface area contributed by atoms with Crippen LogP contribution in [-0.2, 0) is 0 Å². The van der Waals surface area contributed by atoms with Gasteiger partial charge in [-0.25, -0.2) is 4.39 Å². The van der Waals surface area contributed by atoms with Gasteiger partial charge in [0.1, 0.15) is 5.75 Å². The first-order valence-electron chi connectivity index (χ1n) is 8.66. The van der Waals surface area contributed by atoms with Crippen LogP contribution in [0.1, 0.15) is 32.6 Å². The van der Waals surface area contributed by atoms with Crippen molar-refractivity contribution in [1.29, 1.82) is 0 Å². The Morgan fingerprint density at radius 1 is 1.12 bits per heavy atom. The smallest absolute Gasteiger partial charge is 0.182 e. The van der Waals surface area contributed by atoms with Gasteiger partial charge in [-0.05, 0) is 55.5 Å². The maximum atomic E-state index is 14.8. The molecule has 4 heteroatoms. The van der Waals surface area contributed by atoms with Crippen LogP contribution < -0.4 is 9.47 Å².